The molecule has 0 bridgehead atoms. The SMILES string of the molecule is CC(C)OC1(/C=C/c2nc(-c3ccc(Cl)cc3Cl)cn2Cc2ccc(C(=O)O)cc2)C=CC(c2ccccc2)C=C1. The number of hydrogen-bond donors (Lipinski definition) is 1. The monoisotopic (exact) mass is 584 g/mol. The fourth-order valence-electron chi connectivity index (χ4n) is 4.83. The molecule has 1 aliphatic carbocycles. The van der Waals surface area contributed by atoms with Gasteiger partial charge < -0.3 is 14.4 Å². The van der Waals surface area contributed by atoms with Crippen LogP contribution in [0.15, 0.2) is 109 Å². The molecular weight excluding hydrogens is 555 g/mol. The number of rotatable bonds is 9. The average Bonchev–Trinajstić information content (AvgIpc) is 3.35. The number of imidazole rings is 1. The first-order chi connectivity index (χ1) is 19.7. The summed E-state index contributed by atoms with van der Waals surface area (Å²) < 4.78 is 8.43. The number of carbonyl (C=O) groups is 1. The van der Waals surface area contributed by atoms with Crippen LogP contribution in [0.4, 0.5) is 0 Å². The molecule has 1 N–H and O–H groups in total. The number of ether oxygens (including phenoxy) is 1. The van der Waals surface area contributed by atoms with Gasteiger partial charge in [0.05, 0.1) is 22.4 Å². The Morgan fingerprint density at radius 2 is 1.76 bits per heavy atom. The zero-order valence-corrected chi connectivity index (χ0v) is 24.3. The van der Waals surface area contributed by atoms with Gasteiger partial charge in [0.25, 0.3) is 0 Å². The number of benzene rings is 3. The van der Waals surface area contributed by atoms with E-state index in [-0.39, 0.29) is 17.6 Å². The Hall–Kier alpha value is -3.90. The first-order valence-electron chi connectivity index (χ1n) is 13.4. The van der Waals surface area contributed by atoms with E-state index in [9.17, 15) is 9.90 Å². The second-order valence-electron chi connectivity index (χ2n) is 10.2. The highest BCUT2D eigenvalue weighted by atomic mass is 35.5. The van der Waals surface area contributed by atoms with Crippen LogP contribution in [0.25, 0.3) is 17.3 Å². The number of carboxylic acids is 1. The Labute approximate surface area is 250 Å². The van der Waals surface area contributed by atoms with Crippen LogP contribution in [-0.4, -0.2) is 32.3 Å². The van der Waals surface area contributed by atoms with Gasteiger partial charge in [-0.05, 0) is 79.6 Å². The summed E-state index contributed by atoms with van der Waals surface area (Å²) in [7, 11) is 0. The minimum atomic E-state index is -0.957. The molecule has 5 nitrogen and oxygen atoms in total. The third-order valence-electron chi connectivity index (χ3n) is 6.81. The van der Waals surface area contributed by atoms with Gasteiger partial charge in [-0.15, -0.1) is 0 Å². The topological polar surface area (TPSA) is 64.4 Å². The predicted octanol–water partition coefficient (Wildman–Crippen LogP) is 8.69. The lowest BCUT2D eigenvalue weighted by atomic mass is 9.87. The molecule has 0 saturated carbocycles. The van der Waals surface area contributed by atoms with E-state index in [1.807, 2.05) is 73.2 Å². The van der Waals surface area contributed by atoms with Crippen molar-refractivity contribution in [1.82, 2.24) is 9.55 Å². The smallest absolute Gasteiger partial charge is 0.335 e. The molecule has 0 atom stereocenters. The molecule has 1 heterocycles. The Morgan fingerprint density at radius 1 is 1.05 bits per heavy atom. The molecule has 0 fully saturated rings. The van der Waals surface area contributed by atoms with Crippen LogP contribution in [0.2, 0.25) is 10.0 Å². The lowest BCUT2D eigenvalue weighted by molar-refractivity contribution is 0.0138. The number of carboxylic acid groups (broad SMARTS) is 1. The number of aromatic nitrogens is 2. The Bertz CT molecular complexity index is 1610. The molecule has 5 rings (SSSR count). The molecule has 0 spiro atoms. The number of allylic oxidation sites excluding steroid dienone is 2. The van der Waals surface area contributed by atoms with Crippen molar-refractivity contribution < 1.29 is 14.6 Å². The Balaban J connectivity index is 1.50. The third kappa shape index (κ3) is 6.88. The van der Waals surface area contributed by atoms with Crippen molar-refractivity contribution in [3.8, 4) is 11.3 Å². The molecule has 0 saturated heterocycles. The molecule has 0 aliphatic heterocycles. The van der Waals surface area contributed by atoms with Crippen molar-refractivity contribution in [2.45, 2.75) is 38.0 Å². The van der Waals surface area contributed by atoms with E-state index < -0.39 is 11.6 Å². The molecule has 0 radical (unpaired) electrons. The maximum absolute atomic E-state index is 11.3. The van der Waals surface area contributed by atoms with Gasteiger partial charge in [-0.1, -0.05) is 77.8 Å². The lowest BCUT2D eigenvalue weighted by Gasteiger charge is -2.30. The summed E-state index contributed by atoms with van der Waals surface area (Å²) in [5.41, 5.74) is 3.12. The van der Waals surface area contributed by atoms with Crippen molar-refractivity contribution in [3.05, 3.63) is 142 Å². The first kappa shape index (κ1) is 28.6. The van der Waals surface area contributed by atoms with Crippen molar-refractivity contribution in [1.29, 1.82) is 0 Å². The third-order valence-corrected chi connectivity index (χ3v) is 7.36. The molecule has 41 heavy (non-hydrogen) atoms. The molecule has 4 aromatic rings. The van der Waals surface area contributed by atoms with E-state index in [2.05, 4.69) is 36.4 Å². The van der Waals surface area contributed by atoms with Crippen molar-refractivity contribution in [3.63, 3.8) is 0 Å². The fourth-order valence-corrected chi connectivity index (χ4v) is 5.34. The van der Waals surface area contributed by atoms with Crippen LogP contribution in [-0.2, 0) is 11.3 Å². The second-order valence-corrected chi connectivity index (χ2v) is 11.1. The highest BCUT2D eigenvalue weighted by molar-refractivity contribution is 6.36. The highest BCUT2D eigenvalue weighted by Crippen LogP contribution is 2.33. The Kier molecular flexibility index (Phi) is 8.60. The molecule has 0 unspecified atom stereocenters. The van der Waals surface area contributed by atoms with Crippen molar-refractivity contribution in [2.24, 2.45) is 0 Å². The molecule has 3 aromatic carbocycles. The van der Waals surface area contributed by atoms with Gasteiger partial charge >= 0.3 is 5.97 Å². The van der Waals surface area contributed by atoms with Crippen LogP contribution in [0, 0.1) is 0 Å². The minimum Gasteiger partial charge on any atom is -0.478 e. The van der Waals surface area contributed by atoms with Gasteiger partial charge in [0, 0.05) is 29.2 Å². The van der Waals surface area contributed by atoms with Crippen LogP contribution < -0.4 is 0 Å². The van der Waals surface area contributed by atoms with E-state index in [1.165, 1.54) is 5.56 Å². The summed E-state index contributed by atoms with van der Waals surface area (Å²) >= 11 is 12.7. The summed E-state index contributed by atoms with van der Waals surface area (Å²) in [5, 5.41) is 10.3. The van der Waals surface area contributed by atoms with E-state index in [0.717, 1.165) is 11.1 Å². The second kappa shape index (κ2) is 12.3. The van der Waals surface area contributed by atoms with Gasteiger partial charge in [0.1, 0.15) is 11.4 Å². The molecule has 0 amide bonds. The highest BCUT2D eigenvalue weighted by Gasteiger charge is 2.27. The molecule has 1 aliphatic rings. The Morgan fingerprint density at radius 3 is 2.39 bits per heavy atom. The van der Waals surface area contributed by atoms with Crippen LogP contribution in [0.5, 0.6) is 0 Å². The maximum atomic E-state index is 11.3. The first-order valence-corrected chi connectivity index (χ1v) is 14.1. The quantitative estimate of drug-likeness (QED) is 0.200. The van der Waals surface area contributed by atoms with E-state index in [4.69, 9.17) is 32.9 Å². The number of nitrogens with zero attached hydrogens (tertiary/aromatic N) is 2. The van der Waals surface area contributed by atoms with Gasteiger partial charge in [-0.2, -0.15) is 0 Å². The number of halogens is 2. The lowest BCUT2D eigenvalue weighted by Crippen LogP contribution is -2.30. The normalized spacial score (nSPS) is 18.4. The summed E-state index contributed by atoms with van der Waals surface area (Å²) in [5.74, 6) is -0.0871. The van der Waals surface area contributed by atoms with Crippen molar-refractivity contribution >= 4 is 35.2 Å². The van der Waals surface area contributed by atoms with Crippen molar-refractivity contribution in [2.75, 3.05) is 0 Å². The van der Waals surface area contributed by atoms with Gasteiger partial charge in [-0.25, -0.2) is 9.78 Å². The zero-order chi connectivity index (χ0) is 29.0. The summed E-state index contributed by atoms with van der Waals surface area (Å²) in [4.78, 5) is 16.2. The largest absolute Gasteiger partial charge is 0.478 e. The van der Waals surface area contributed by atoms with E-state index in [0.29, 0.717) is 28.1 Å². The predicted molar refractivity (Wildman–Crippen MR) is 166 cm³/mol. The van der Waals surface area contributed by atoms with Gasteiger partial charge in [-0.3, -0.25) is 0 Å². The van der Waals surface area contributed by atoms with Crippen LogP contribution in [0.1, 0.15) is 47.1 Å². The molecule has 1 aromatic heterocycles. The fraction of sp³-hybridized carbons (Fsp3) is 0.176. The average molecular weight is 586 g/mol. The molecule has 208 valence electrons. The maximum Gasteiger partial charge on any atom is 0.335 e. The standard InChI is InChI=1S/C34H30Cl2N2O3/c1-23(2)41-34(17-14-26(15-18-34)25-6-4-3-5-7-25)19-16-32-37-31(29-13-12-28(35)20-30(29)36)22-38(32)21-24-8-10-27(11-9-24)33(39)40/h3-20,22-23,26H,21H2,1-2H3,(H,39,40)/b19-16+. The van der Waals surface area contributed by atoms with Gasteiger partial charge in [0.2, 0.25) is 0 Å². The summed E-state index contributed by atoms with van der Waals surface area (Å²) in [6.45, 7) is 4.52. The van der Waals surface area contributed by atoms with Crippen LogP contribution in [0.3, 0.4) is 0 Å². The summed E-state index contributed by atoms with van der Waals surface area (Å²) in [6, 6.07) is 22.5. The van der Waals surface area contributed by atoms with Gasteiger partial charge in [0.15, 0.2) is 0 Å². The number of aromatic carboxylic acids is 1. The van der Waals surface area contributed by atoms with E-state index in [1.54, 1.807) is 24.3 Å². The number of hydrogen-bond acceptors (Lipinski definition) is 3. The minimum absolute atomic E-state index is 0.0156. The zero-order valence-electron chi connectivity index (χ0n) is 22.7. The summed E-state index contributed by atoms with van der Waals surface area (Å²) in [6.07, 6.45) is 14.4. The van der Waals surface area contributed by atoms with E-state index >= 15 is 0 Å². The molecular formula is C34H30Cl2N2O3. The molecule has 7 heteroatoms. The van der Waals surface area contributed by atoms with Crippen LogP contribution >= 0.6 is 23.2 Å².